The first kappa shape index (κ1) is 25.3. The molecule has 0 radical (unpaired) electrons. The standard InChI is InChI=1S/C28H31ClN2O3/c1-28(2,3)34-27(33)31-19-21-11-7-13-22(17-21)26(32)24-18-23(29)14-15-25(24)30-16-8-12-20-9-5-4-6-10-20/h4-15,17-18,26,30,32H,16,19H2,1-3H3,(H,31,33). The van der Waals surface area contributed by atoms with Gasteiger partial charge in [0.2, 0.25) is 0 Å². The van der Waals surface area contributed by atoms with E-state index in [4.69, 9.17) is 16.3 Å². The van der Waals surface area contributed by atoms with Gasteiger partial charge in [-0.1, -0.05) is 78.4 Å². The molecule has 0 aliphatic heterocycles. The molecule has 3 rings (SSSR count). The summed E-state index contributed by atoms with van der Waals surface area (Å²) in [4.78, 5) is 12.0. The third-order valence-corrected chi connectivity index (χ3v) is 5.17. The van der Waals surface area contributed by atoms with E-state index in [0.717, 1.165) is 16.8 Å². The van der Waals surface area contributed by atoms with Crippen LogP contribution in [0.4, 0.5) is 10.5 Å². The molecule has 0 bridgehead atoms. The van der Waals surface area contributed by atoms with Gasteiger partial charge in [-0.2, -0.15) is 0 Å². The van der Waals surface area contributed by atoms with Gasteiger partial charge in [-0.05, 0) is 55.7 Å². The zero-order chi connectivity index (χ0) is 24.6. The van der Waals surface area contributed by atoms with Crippen molar-refractivity contribution in [2.45, 2.75) is 39.0 Å². The Balaban J connectivity index is 1.69. The van der Waals surface area contributed by atoms with Crippen LogP contribution >= 0.6 is 11.6 Å². The number of hydrogen-bond donors (Lipinski definition) is 3. The van der Waals surface area contributed by atoms with E-state index < -0.39 is 17.8 Å². The number of rotatable bonds is 8. The number of alkyl carbamates (subject to hydrolysis) is 1. The van der Waals surface area contributed by atoms with Gasteiger partial charge < -0.3 is 20.5 Å². The second-order valence-electron chi connectivity index (χ2n) is 8.93. The van der Waals surface area contributed by atoms with Crippen LogP contribution in [0, 0.1) is 0 Å². The maximum Gasteiger partial charge on any atom is 0.407 e. The first-order chi connectivity index (χ1) is 16.2. The van der Waals surface area contributed by atoms with Crippen molar-refractivity contribution in [2.24, 2.45) is 0 Å². The number of ether oxygens (including phenoxy) is 1. The van der Waals surface area contributed by atoms with Crippen molar-refractivity contribution < 1.29 is 14.6 Å². The van der Waals surface area contributed by atoms with Crippen LogP contribution in [0.25, 0.3) is 6.08 Å². The molecule has 0 fully saturated rings. The third-order valence-electron chi connectivity index (χ3n) is 4.93. The Labute approximate surface area is 206 Å². The third kappa shape index (κ3) is 7.94. The maximum atomic E-state index is 12.0. The summed E-state index contributed by atoms with van der Waals surface area (Å²) in [6.07, 6.45) is 2.70. The van der Waals surface area contributed by atoms with Crippen molar-refractivity contribution in [3.8, 4) is 0 Å². The average Bonchev–Trinajstić information content (AvgIpc) is 2.80. The summed E-state index contributed by atoms with van der Waals surface area (Å²) in [7, 11) is 0. The molecule has 1 atom stereocenters. The zero-order valence-corrected chi connectivity index (χ0v) is 20.5. The minimum absolute atomic E-state index is 0.292. The fraction of sp³-hybridized carbons (Fsp3) is 0.250. The van der Waals surface area contributed by atoms with Gasteiger partial charge in [0, 0.05) is 29.4 Å². The van der Waals surface area contributed by atoms with Crippen LogP contribution in [0.2, 0.25) is 5.02 Å². The second-order valence-corrected chi connectivity index (χ2v) is 9.36. The molecular formula is C28H31ClN2O3. The van der Waals surface area contributed by atoms with Gasteiger partial charge in [-0.15, -0.1) is 0 Å². The highest BCUT2D eigenvalue weighted by molar-refractivity contribution is 6.30. The molecule has 0 saturated carbocycles. The maximum absolute atomic E-state index is 12.0. The Bertz CT molecular complexity index is 1120. The molecule has 178 valence electrons. The van der Waals surface area contributed by atoms with Crippen molar-refractivity contribution in [2.75, 3.05) is 11.9 Å². The van der Waals surface area contributed by atoms with Crippen LogP contribution in [0.5, 0.6) is 0 Å². The fourth-order valence-electron chi connectivity index (χ4n) is 3.39. The highest BCUT2D eigenvalue weighted by Crippen LogP contribution is 2.31. The van der Waals surface area contributed by atoms with E-state index in [9.17, 15) is 9.90 Å². The van der Waals surface area contributed by atoms with Gasteiger partial charge in [-0.3, -0.25) is 0 Å². The molecule has 0 saturated heterocycles. The number of amides is 1. The van der Waals surface area contributed by atoms with Crippen LogP contribution in [-0.4, -0.2) is 23.3 Å². The topological polar surface area (TPSA) is 70.6 Å². The summed E-state index contributed by atoms with van der Waals surface area (Å²) in [5.41, 5.74) is 3.59. The van der Waals surface area contributed by atoms with E-state index in [0.29, 0.717) is 29.2 Å². The van der Waals surface area contributed by atoms with E-state index in [-0.39, 0.29) is 0 Å². The summed E-state index contributed by atoms with van der Waals surface area (Å²) in [6, 6.07) is 22.9. The molecule has 34 heavy (non-hydrogen) atoms. The van der Waals surface area contributed by atoms with Gasteiger partial charge in [0.25, 0.3) is 0 Å². The lowest BCUT2D eigenvalue weighted by Gasteiger charge is -2.20. The number of carbonyl (C=O) groups excluding carboxylic acids is 1. The van der Waals surface area contributed by atoms with E-state index in [1.165, 1.54) is 0 Å². The van der Waals surface area contributed by atoms with Gasteiger partial charge in [0.15, 0.2) is 0 Å². The summed E-state index contributed by atoms with van der Waals surface area (Å²) in [5, 5.41) is 17.8. The summed E-state index contributed by atoms with van der Waals surface area (Å²) >= 11 is 6.24. The molecule has 3 aromatic carbocycles. The highest BCUT2D eigenvalue weighted by Gasteiger charge is 2.17. The number of anilines is 1. The molecule has 6 heteroatoms. The number of halogens is 1. The second kappa shape index (κ2) is 11.7. The number of benzene rings is 3. The van der Waals surface area contributed by atoms with Crippen LogP contribution in [-0.2, 0) is 11.3 Å². The van der Waals surface area contributed by atoms with Crippen LogP contribution in [0.3, 0.4) is 0 Å². The van der Waals surface area contributed by atoms with Gasteiger partial charge >= 0.3 is 6.09 Å². The van der Waals surface area contributed by atoms with E-state index in [1.54, 1.807) is 12.1 Å². The lowest BCUT2D eigenvalue weighted by molar-refractivity contribution is 0.0523. The Morgan fingerprint density at radius 2 is 1.82 bits per heavy atom. The van der Waals surface area contributed by atoms with Gasteiger partial charge in [0.05, 0.1) is 0 Å². The van der Waals surface area contributed by atoms with Crippen molar-refractivity contribution >= 4 is 29.5 Å². The molecule has 1 unspecified atom stereocenters. The van der Waals surface area contributed by atoms with Crippen molar-refractivity contribution in [1.82, 2.24) is 5.32 Å². The number of aliphatic hydroxyl groups excluding tert-OH is 1. The number of aliphatic hydroxyl groups is 1. The minimum atomic E-state index is -0.888. The Kier molecular flexibility index (Phi) is 8.74. The molecule has 0 heterocycles. The lowest BCUT2D eigenvalue weighted by atomic mass is 9.98. The van der Waals surface area contributed by atoms with Crippen molar-refractivity contribution in [3.05, 3.63) is 106 Å². The fourth-order valence-corrected chi connectivity index (χ4v) is 3.57. The zero-order valence-electron chi connectivity index (χ0n) is 19.7. The molecule has 0 aliphatic rings. The Morgan fingerprint density at radius 1 is 1.06 bits per heavy atom. The number of carbonyl (C=O) groups is 1. The smallest absolute Gasteiger partial charge is 0.407 e. The van der Waals surface area contributed by atoms with Gasteiger partial charge in [0.1, 0.15) is 11.7 Å². The van der Waals surface area contributed by atoms with Crippen LogP contribution in [0.15, 0.2) is 78.9 Å². The first-order valence-electron chi connectivity index (χ1n) is 11.2. The highest BCUT2D eigenvalue weighted by atomic mass is 35.5. The first-order valence-corrected chi connectivity index (χ1v) is 11.6. The molecule has 0 spiro atoms. The Hall–Kier alpha value is -3.28. The van der Waals surface area contributed by atoms with Crippen LogP contribution in [0.1, 0.15) is 49.1 Å². The largest absolute Gasteiger partial charge is 0.444 e. The predicted octanol–water partition coefficient (Wildman–Crippen LogP) is 6.57. The monoisotopic (exact) mass is 478 g/mol. The van der Waals surface area contributed by atoms with Gasteiger partial charge in [-0.25, -0.2) is 4.79 Å². The predicted molar refractivity (Wildman–Crippen MR) is 139 cm³/mol. The van der Waals surface area contributed by atoms with E-state index in [2.05, 4.69) is 10.6 Å². The summed E-state index contributed by atoms with van der Waals surface area (Å²) < 4.78 is 5.28. The average molecular weight is 479 g/mol. The molecule has 0 aromatic heterocycles. The number of nitrogens with one attached hydrogen (secondary N) is 2. The normalized spacial score (nSPS) is 12.4. The minimum Gasteiger partial charge on any atom is -0.444 e. The molecular weight excluding hydrogens is 448 g/mol. The van der Waals surface area contributed by atoms with E-state index >= 15 is 0 Å². The Morgan fingerprint density at radius 3 is 2.56 bits per heavy atom. The van der Waals surface area contributed by atoms with Crippen molar-refractivity contribution in [3.63, 3.8) is 0 Å². The summed E-state index contributed by atoms with van der Waals surface area (Å²) in [6.45, 7) is 6.34. The van der Waals surface area contributed by atoms with Crippen LogP contribution < -0.4 is 10.6 Å². The molecule has 5 nitrogen and oxygen atoms in total. The summed E-state index contributed by atoms with van der Waals surface area (Å²) in [5.74, 6) is 0. The number of hydrogen-bond acceptors (Lipinski definition) is 4. The molecule has 0 aliphatic carbocycles. The lowest BCUT2D eigenvalue weighted by Crippen LogP contribution is -2.32. The van der Waals surface area contributed by atoms with E-state index in [1.807, 2.05) is 93.6 Å². The molecule has 1 amide bonds. The quantitative estimate of drug-likeness (QED) is 0.342. The van der Waals surface area contributed by atoms with Crippen molar-refractivity contribution in [1.29, 1.82) is 0 Å². The molecule has 3 N–H and O–H groups in total. The SMILES string of the molecule is CC(C)(C)OC(=O)NCc1cccc(C(O)c2cc(Cl)ccc2NCC=Cc2ccccc2)c1. The molecule has 3 aromatic rings.